The lowest BCUT2D eigenvalue weighted by Crippen LogP contribution is -2.28. The Balaban J connectivity index is 2.86. The molecule has 0 spiro atoms. The molecule has 2 N–H and O–H groups in total. The summed E-state index contributed by atoms with van der Waals surface area (Å²) < 4.78 is 61.4. The van der Waals surface area contributed by atoms with Crippen LogP contribution in [0.1, 0.15) is 36.3 Å². The van der Waals surface area contributed by atoms with E-state index >= 15 is 0 Å². The molecule has 0 aliphatic carbocycles. The lowest BCUT2D eigenvalue weighted by Gasteiger charge is -2.13. The van der Waals surface area contributed by atoms with Gasteiger partial charge in [0.1, 0.15) is 5.82 Å². The van der Waals surface area contributed by atoms with Gasteiger partial charge in [0.15, 0.2) is 0 Å². The van der Waals surface area contributed by atoms with E-state index in [1.807, 2.05) is 0 Å². The Bertz CT molecular complexity index is 1050. The summed E-state index contributed by atoms with van der Waals surface area (Å²) >= 11 is 0.547. The number of aromatic nitrogens is 2. The molecule has 0 unspecified atom stereocenters. The van der Waals surface area contributed by atoms with E-state index in [9.17, 15) is 9.59 Å². The Hall–Kier alpha value is -2.21. The fraction of sp³-hybridized carbons (Fsp3) is 0.294. The van der Waals surface area contributed by atoms with Crippen LogP contribution in [0.2, 0.25) is 0 Å². The Kier molecular flexibility index (Phi) is 2.76. The van der Waals surface area contributed by atoms with Crippen molar-refractivity contribution in [2.45, 2.75) is 26.7 Å². The van der Waals surface area contributed by atoms with E-state index in [1.165, 1.54) is 0 Å². The van der Waals surface area contributed by atoms with Crippen LogP contribution in [0, 0.1) is 6.92 Å². The van der Waals surface area contributed by atoms with Crippen LogP contribution < -0.4 is 11.3 Å². The molecule has 23 heavy (non-hydrogen) atoms. The summed E-state index contributed by atoms with van der Waals surface area (Å²) in [5, 5.41) is -0.912. The number of nitrogens with two attached hydrogens (primary N) is 1. The van der Waals surface area contributed by atoms with E-state index in [0.717, 1.165) is 6.08 Å². The number of hydrogen-bond acceptors (Lipinski definition) is 4. The molecule has 0 atom stereocenters. The normalized spacial score (nSPS) is 17.0. The Labute approximate surface area is 151 Å². The van der Waals surface area contributed by atoms with Gasteiger partial charge in [-0.25, -0.2) is 4.68 Å². The average molecular weight is 339 g/mol. The van der Waals surface area contributed by atoms with Gasteiger partial charge in [-0.15, -0.1) is 6.53 Å². The molecule has 1 aromatic heterocycles. The molecule has 0 amide bonds. The standard InChI is InChI=1S/C17H21N3O2S/c1-5-10-23-17(22)20-15(18)14(16(21)19(20)11(2)3)13-9-7-6-8-12(13)4/h5-9,11H,1,10,18H2,2-4H3/i1D2,2D3,3D3. The Morgan fingerprint density at radius 3 is 2.91 bits per heavy atom. The molecular formula is C17H21N3O2S. The molecule has 0 saturated heterocycles. The molecule has 5 nitrogen and oxygen atoms in total. The van der Waals surface area contributed by atoms with Gasteiger partial charge in [-0.3, -0.25) is 9.59 Å². The molecule has 1 aromatic carbocycles. The average Bonchev–Trinajstić information content (AvgIpc) is 2.83. The monoisotopic (exact) mass is 339 g/mol. The van der Waals surface area contributed by atoms with Gasteiger partial charge in [-0.1, -0.05) is 42.1 Å². The zero-order chi connectivity index (χ0) is 23.7. The first kappa shape index (κ1) is 9.17. The maximum absolute atomic E-state index is 13.3. The number of nitrogen functional groups attached to an aromatic ring is 1. The number of nitrogens with zero attached hydrogens (tertiary/aromatic N) is 2. The molecule has 2 rings (SSSR count). The van der Waals surface area contributed by atoms with E-state index < -0.39 is 42.9 Å². The second kappa shape index (κ2) is 6.91. The van der Waals surface area contributed by atoms with Crippen LogP contribution in [-0.4, -0.2) is 20.4 Å². The minimum absolute atomic E-state index is 0.126. The van der Waals surface area contributed by atoms with Crippen LogP contribution in [0.5, 0.6) is 0 Å². The largest absolute Gasteiger partial charge is 0.383 e. The highest BCUT2D eigenvalue weighted by Crippen LogP contribution is 2.28. The van der Waals surface area contributed by atoms with Gasteiger partial charge in [-0.2, -0.15) is 4.68 Å². The van der Waals surface area contributed by atoms with E-state index in [-0.39, 0.29) is 11.3 Å². The minimum atomic E-state index is -3.15. The SMILES string of the molecule is [2H]C([2H])=CCSC(=O)n1c(N)c(-c2ccccc2C)c(=O)n1C(C([2H])([2H])[2H])C([2H])([2H])[2H]. The van der Waals surface area contributed by atoms with Crippen molar-refractivity contribution < 1.29 is 15.8 Å². The van der Waals surface area contributed by atoms with Gasteiger partial charge in [0.2, 0.25) is 0 Å². The predicted molar refractivity (Wildman–Crippen MR) is 97.1 cm³/mol. The lowest BCUT2D eigenvalue weighted by molar-refractivity contribution is 0.254. The van der Waals surface area contributed by atoms with Crippen molar-refractivity contribution in [2.75, 3.05) is 11.5 Å². The van der Waals surface area contributed by atoms with Crippen LogP contribution >= 0.6 is 11.8 Å². The van der Waals surface area contributed by atoms with Crippen LogP contribution in [0.3, 0.4) is 0 Å². The maximum atomic E-state index is 13.3. The van der Waals surface area contributed by atoms with Gasteiger partial charge in [-0.05, 0) is 31.8 Å². The van der Waals surface area contributed by atoms with Crippen molar-refractivity contribution in [2.24, 2.45) is 0 Å². The molecule has 6 heteroatoms. The smallest absolute Gasteiger partial charge is 0.306 e. The molecule has 0 aliphatic heterocycles. The summed E-state index contributed by atoms with van der Waals surface area (Å²) in [6.45, 7) is -5.16. The zero-order valence-electron chi connectivity index (χ0n) is 20.4. The summed E-state index contributed by atoms with van der Waals surface area (Å²) in [7, 11) is 0. The number of aryl methyl sites for hydroxylation is 1. The van der Waals surface area contributed by atoms with Crippen molar-refractivity contribution in [3.63, 3.8) is 0 Å². The lowest BCUT2D eigenvalue weighted by atomic mass is 10.0. The third-order valence-corrected chi connectivity index (χ3v) is 4.00. The van der Waals surface area contributed by atoms with E-state index in [4.69, 9.17) is 16.7 Å². The summed E-state index contributed by atoms with van der Waals surface area (Å²) in [5.74, 6) is -0.518. The zero-order valence-corrected chi connectivity index (χ0v) is 13.2. The van der Waals surface area contributed by atoms with Crippen molar-refractivity contribution in [3.05, 3.63) is 52.8 Å². The second-order valence-corrected chi connectivity index (χ2v) is 5.69. The van der Waals surface area contributed by atoms with Crippen molar-refractivity contribution in [1.82, 2.24) is 9.36 Å². The Morgan fingerprint density at radius 2 is 2.26 bits per heavy atom. The van der Waals surface area contributed by atoms with Gasteiger partial charge in [0, 0.05) is 20.0 Å². The molecule has 1 heterocycles. The first-order chi connectivity index (χ1) is 14.2. The predicted octanol–water partition coefficient (Wildman–Crippen LogP) is 3.68. The van der Waals surface area contributed by atoms with Gasteiger partial charge >= 0.3 is 5.24 Å². The summed E-state index contributed by atoms with van der Waals surface area (Å²) in [4.78, 5) is 26.2. The Morgan fingerprint density at radius 1 is 1.52 bits per heavy atom. The van der Waals surface area contributed by atoms with Crippen LogP contribution in [-0.2, 0) is 0 Å². The van der Waals surface area contributed by atoms with Gasteiger partial charge in [0.25, 0.3) is 5.56 Å². The number of rotatable bonds is 4. The molecule has 0 fully saturated rings. The number of carbonyl (C=O) groups is 1. The van der Waals surface area contributed by atoms with Crippen LogP contribution in [0.25, 0.3) is 11.1 Å². The highest BCUT2D eigenvalue weighted by atomic mass is 32.2. The molecule has 122 valence electrons. The number of hydrogen-bond donors (Lipinski definition) is 1. The third-order valence-electron chi connectivity index (χ3n) is 3.24. The van der Waals surface area contributed by atoms with Crippen LogP contribution in [0.15, 0.2) is 41.7 Å². The molecule has 2 aromatic rings. The molecule has 0 saturated carbocycles. The van der Waals surface area contributed by atoms with E-state index in [1.54, 1.807) is 31.2 Å². The first-order valence-corrected chi connectivity index (χ1v) is 7.66. The first-order valence-electron chi connectivity index (χ1n) is 10.7. The van der Waals surface area contributed by atoms with Crippen molar-refractivity contribution in [1.29, 1.82) is 0 Å². The second-order valence-electron chi connectivity index (χ2n) is 4.72. The van der Waals surface area contributed by atoms with E-state index in [0.29, 0.717) is 32.3 Å². The van der Waals surface area contributed by atoms with E-state index in [2.05, 4.69) is 0 Å². The fourth-order valence-corrected chi connectivity index (χ4v) is 2.77. The quantitative estimate of drug-likeness (QED) is 0.863. The maximum Gasteiger partial charge on any atom is 0.306 e. The number of thioether (sulfide) groups is 1. The number of anilines is 1. The summed E-state index contributed by atoms with van der Waals surface area (Å²) in [6, 6.07) is 4.26. The number of benzene rings is 1. The van der Waals surface area contributed by atoms with Crippen molar-refractivity contribution >= 4 is 22.8 Å². The van der Waals surface area contributed by atoms with Crippen molar-refractivity contribution in [3.8, 4) is 11.1 Å². The van der Waals surface area contributed by atoms with Crippen LogP contribution in [0.4, 0.5) is 10.6 Å². The van der Waals surface area contributed by atoms with Gasteiger partial charge < -0.3 is 5.73 Å². The topological polar surface area (TPSA) is 70.0 Å². The molecular weight excluding hydrogens is 310 g/mol. The highest BCUT2D eigenvalue weighted by molar-refractivity contribution is 8.13. The molecule has 0 bridgehead atoms. The summed E-state index contributed by atoms with van der Waals surface area (Å²) in [5.41, 5.74) is 5.87. The highest BCUT2D eigenvalue weighted by Gasteiger charge is 2.25. The molecule has 0 aliphatic rings. The minimum Gasteiger partial charge on any atom is -0.383 e. The van der Waals surface area contributed by atoms with Gasteiger partial charge in [0.05, 0.1) is 8.30 Å². The molecule has 0 radical (unpaired) electrons. The third kappa shape index (κ3) is 3.12. The number of carbonyl (C=O) groups excluding carboxylic acids is 1. The summed E-state index contributed by atoms with van der Waals surface area (Å²) in [6.07, 6.45) is 1.11. The fourth-order valence-electron chi connectivity index (χ4n) is 2.24.